The quantitative estimate of drug-likeness (QED) is 0.355. The van der Waals surface area contributed by atoms with Gasteiger partial charge in [0.2, 0.25) is 0 Å². The number of nitrogens with zero attached hydrogens (tertiary/aromatic N) is 3. The molecule has 1 unspecified atom stereocenters. The van der Waals surface area contributed by atoms with Gasteiger partial charge in [-0.25, -0.2) is 9.37 Å². The molecular weight excluding hydrogens is 421 g/mol. The molecule has 1 N–H and O–H groups in total. The van der Waals surface area contributed by atoms with E-state index >= 15 is 0 Å². The predicted octanol–water partition coefficient (Wildman–Crippen LogP) is 4.19. The van der Waals surface area contributed by atoms with Gasteiger partial charge in [0.05, 0.1) is 17.9 Å². The molecular formula is C23H19ClFN3O3. The number of amides is 1. The highest BCUT2D eigenvalue weighted by molar-refractivity contribution is 6.46. The maximum atomic E-state index is 14.7. The van der Waals surface area contributed by atoms with Gasteiger partial charge in [-0.1, -0.05) is 29.8 Å². The summed E-state index contributed by atoms with van der Waals surface area (Å²) in [5, 5.41) is 11.4. The van der Waals surface area contributed by atoms with Crippen LogP contribution in [-0.2, 0) is 16.1 Å². The van der Waals surface area contributed by atoms with E-state index in [2.05, 4.69) is 4.98 Å². The maximum Gasteiger partial charge on any atom is 0.295 e. The number of halogens is 2. The molecule has 31 heavy (non-hydrogen) atoms. The molecule has 2 heterocycles. The van der Waals surface area contributed by atoms with Crippen molar-refractivity contribution in [1.29, 1.82) is 0 Å². The minimum atomic E-state index is -1.03. The van der Waals surface area contributed by atoms with E-state index in [4.69, 9.17) is 11.6 Å². The van der Waals surface area contributed by atoms with Crippen LogP contribution in [0.1, 0.15) is 23.6 Å². The standard InChI is InChI=1S/C23H19ClFN3O3/c24-16-8-6-15(7-9-16)21(29)19-20(17-4-1-2-5-18(17)25)28(23(31)22(19)30)12-3-11-27-13-10-26-14-27/h1-2,4-10,13-14,20,29H,3,11-12H2. The highest BCUT2D eigenvalue weighted by Gasteiger charge is 2.46. The number of rotatable bonds is 6. The first-order chi connectivity index (χ1) is 15.0. The van der Waals surface area contributed by atoms with Crippen molar-refractivity contribution in [2.24, 2.45) is 0 Å². The molecule has 158 valence electrons. The number of hydrogen-bond donors (Lipinski definition) is 1. The second-order valence-corrected chi connectivity index (χ2v) is 7.61. The number of aliphatic hydroxyl groups excluding tert-OH is 1. The summed E-state index contributed by atoms with van der Waals surface area (Å²) in [6, 6.07) is 11.1. The number of aryl methyl sites for hydroxylation is 1. The minimum absolute atomic E-state index is 0.139. The number of ketones is 1. The van der Waals surface area contributed by atoms with Gasteiger partial charge < -0.3 is 14.6 Å². The second-order valence-electron chi connectivity index (χ2n) is 7.17. The maximum absolute atomic E-state index is 14.7. The van der Waals surface area contributed by atoms with Gasteiger partial charge in [-0.15, -0.1) is 0 Å². The Labute approximate surface area is 183 Å². The zero-order chi connectivity index (χ0) is 22.0. The highest BCUT2D eigenvalue weighted by Crippen LogP contribution is 2.40. The Kier molecular flexibility index (Phi) is 5.86. The van der Waals surface area contributed by atoms with Gasteiger partial charge in [0.15, 0.2) is 0 Å². The van der Waals surface area contributed by atoms with Crippen molar-refractivity contribution < 1.29 is 19.1 Å². The number of likely N-dealkylation sites (tertiary alicyclic amines) is 1. The highest BCUT2D eigenvalue weighted by atomic mass is 35.5. The third-order valence-electron chi connectivity index (χ3n) is 5.23. The van der Waals surface area contributed by atoms with Crippen LogP contribution in [0.4, 0.5) is 4.39 Å². The van der Waals surface area contributed by atoms with Gasteiger partial charge in [-0.2, -0.15) is 0 Å². The molecule has 1 fully saturated rings. The van der Waals surface area contributed by atoms with Crippen molar-refractivity contribution >= 4 is 29.1 Å². The lowest BCUT2D eigenvalue weighted by Crippen LogP contribution is -2.31. The van der Waals surface area contributed by atoms with E-state index in [0.717, 1.165) is 0 Å². The lowest BCUT2D eigenvalue weighted by Gasteiger charge is -2.25. The van der Waals surface area contributed by atoms with E-state index in [1.165, 1.54) is 23.1 Å². The van der Waals surface area contributed by atoms with Crippen LogP contribution >= 0.6 is 11.6 Å². The van der Waals surface area contributed by atoms with E-state index < -0.39 is 23.5 Å². The van der Waals surface area contributed by atoms with Crippen LogP contribution in [0.25, 0.3) is 5.76 Å². The second kappa shape index (κ2) is 8.73. The molecule has 1 atom stereocenters. The molecule has 8 heteroatoms. The van der Waals surface area contributed by atoms with Crippen LogP contribution in [-0.4, -0.2) is 37.8 Å². The van der Waals surface area contributed by atoms with Crippen molar-refractivity contribution in [3.05, 3.63) is 94.8 Å². The third kappa shape index (κ3) is 4.09. The van der Waals surface area contributed by atoms with Crippen molar-refractivity contribution in [2.45, 2.75) is 19.0 Å². The summed E-state index contributed by atoms with van der Waals surface area (Å²) in [5.41, 5.74) is 0.335. The summed E-state index contributed by atoms with van der Waals surface area (Å²) in [5.74, 6) is -2.53. The molecule has 0 radical (unpaired) electrons. The number of hydrogen-bond acceptors (Lipinski definition) is 4. The first-order valence-electron chi connectivity index (χ1n) is 9.72. The Morgan fingerprint density at radius 1 is 1.10 bits per heavy atom. The molecule has 0 aliphatic carbocycles. The lowest BCUT2D eigenvalue weighted by molar-refractivity contribution is -0.140. The molecule has 0 saturated carbocycles. The van der Waals surface area contributed by atoms with Gasteiger partial charge in [-0.3, -0.25) is 9.59 Å². The van der Waals surface area contributed by atoms with Gasteiger partial charge in [-0.05, 0) is 36.8 Å². The van der Waals surface area contributed by atoms with E-state index in [-0.39, 0.29) is 23.4 Å². The van der Waals surface area contributed by atoms with Crippen LogP contribution in [0.5, 0.6) is 0 Å². The molecule has 3 aromatic rings. The lowest BCUT2D eigenvalue weighted by atomic mass is 9.95. The molecule has 0 bridgehead atoms. The number of Topliss-reactive ketones (excluding diaryl/α,β-unsaturated/α-hetero) is 1. The number of aromatic nitrogens is 2. The van der Waals surface area contributed by atoms with E-state index in [0.29, 0.717) is 23.6 Å². The fourth-order valence-corrected chi connectivity index (χ4v) is 3.86. The van der Waals surface area contributed by atoms with Crippen LogP contribution in [0.3, 0.4) is 0 Å². The summed E-state index contributed by atoms with van der Waals surface area (Å²) < 4.78 is 16.6. The fraction of sp³-hybridized carbons (Fsp3) is 0.174. The van der Waals surface area contributed by atoms with Crippen LogP contribution < -0.4 is 0 Å². The van der Waals surface area contributed by atoms with Crippen molar-refractivity contribution in [2.75, 3.05) is 6.54 Å². The monoisotopic (exact) mass is 439 g/mol. The number of carbonyl (C=O) groups is 2. The smallest absolute Gasteiger partial charge is 0.295 e. The summed E-state index contributed by atoms with van der Waals surface area (Å²) in [6.07, 6.45) is 5.62. The van der Waals surface area contributed by atoms with E-state index in [9.17, 15) is 19.1 Å². The number of imidazole rings is 1. The number of carbonyl (C=O) groups excluding carboxylic acids is 2. The average molecular weight is 440 g/mol. The molecule has 0 spiro atoms. The summed E-state index contributed by atoms with van der Waals surface area (Å²) in [6.45, 7) is 0.781. The molecule has 1 aliphatic heterocycles. The molecule has 1 saturated heterocycles. The van der Waals surface area contributed by atoms with Crippen molar-refractivity contribution in [1.82, 2.24) is 14.5 Å². The van der Waals surface area contributed by atoms with Gasteiger partial charge >= 0.3 is 0 Å². The first kappa shape index (κ1) is 20.8. The average Bonchev–Trinajstić information content (AvgIpc) is 3.36. The predicted molar refractivity (Wildman–Crippen MR) is 114 cm³/mol. The number of aliphatic hydroxyl groups is 1. The Balaban J connectivity index is 1.75. The van der Waals surface area contributed by atoms with Crippen molar-refractivity contribution in [3.8, 4) is 0 Å². The Hall–Kier alpha value is -3.45. The molecule has 6 nitrogen and oxygen atoms in total. The zero-order valence-corrected chi connectivity index (χ0v) is 17.2. The molecule has 2 aromatic carbocycles. The fourth-order valence-electron chi connectivity index (χ4n) is 3.74. The largest absolute Gasteiger partial charge is 0.507 e. The Bertz CT molecular complexity index is 1140. The molecule has 1 aliphatic rings. The van der Waals surface area contributed by atoms with Crippen LogP contribution in [0, 0.1) is 5.82 Å². The van der Waals surface area contributed by atoms with Gasteiger partial charge in [0.25, 0.3) is 11.7 Å². The molecule has 4 rings (SSSR count). The first-order valence-corrected chi connectivity index (χ1v) is 10.1. The summed E-state index contributed by atoms with van der Waals surface area (Å²) in [4.78, 5) is 31.1. The van der Waals surface area contributed by atoms with E-state index in [1.807, 2.05) is 4.57 Å². The minimum Gasteiger partial charge on any atom is -0.507 e. The molecule has 1 aromatic heterocycles. The third-order valence-corrected chi connectivity index (χ3v) is 5.48. The zero-order valence-electron chi connectivity index (χ0n) is 16.4. The summed E-state index contributed by atoms with van der Waals surface area (Å²) >= 11 is 5.91. The van der Waals surface area contributed by atoms with Gasteiger partial charge in [0.1, 0.15) is 11.6 Å². The van der Waals surface area contributed by atoms with Crippen LogP contribution in [0.2, 0.25) is 5.02 Å². The Morgan fingerprint density at radius 2 is 1.84 bits per heavy atom. The topological polar surface area (TPSA) is 75.4 Å². The van der Waals surface area contributed by atoms with Crippen molar-refractivity contribution in [3.63, 3.8) is 0 Å². The molecule has 1 amide bonds. The summed E-state index contributed by atoms with van der Waals surface area (Å²) in [7, 11) is 0. The van der Waals surface area contributed by atoms with Gasteiger partial charge in [0, 0.05) is 41.6 Å². The van der Waals surface area contributed by atoms with E-state index in [1.54, 1.807) is 49.1 Å². The normalized spacial score (nSPS) is 18.0. The van der Waals surface area contributed by atoms with Crippen LogP contribution in [0.15, 0.2) is 72.8 Å². The SMILES string of the molecule is O=C1C(=O)N(CCCn2ccnc2)C(c2ccccc2F)C1=C(O)c1ccc(Cl)cc1. The Morgan fingerprint density at radius 3 is 2.52 bits per heavy atom. The number of benzene rings is 2.